The summed E-state index contributed by atoms with van der Waals surface area (Å²) in [6.45, 7) is 4.05. The normalized spacial score (nSPS) is 18.0. The molecule has 0 saturated heterocycles. The zero-order valence-electron chi connectivity index (χ0n) is 17.9. The van der Waals surface area contributed by atoms with Crippen LogP contribution in [-0.4, -0.2) is 32.0 Å². The number of anilines is 2. The van der Waals surface area contributed by atoms with Crippen molar-refractivity contribution < 1.29 is 18.0 Å². The molecule has 1 aliphatic carbocycles. The number of aryl methyl sites for hydroxylation is 1. The zero-order chi connectivity index (χ0) is 22.2. The molecule has 1 fully saturated rings. The van der Waals surface area contributed by atoms with E-state index in [4.69, 9.17) is 0 Å². The first-order valence-corrected chi connectivity index (χ1v) is 12.5. The highest BCUT2D eigenvalue weighted by atomic mass is 32.2. The summed E-state index contributed by atoms with van der Waals surface area (Å²) in [5, 5.41) is 2.75. The van der Waals surface area contributed by atoms with E-state index in [-0.39, 0.29) is 40.8 Å². The largest absolute Gasteiger partial charge is 0.326 e. The number of hydrogen-bond acceptors (Lipinski definition) is 4. The Bertz CT molecular complexity index is 1100. The van der Waals surface area contributed by atoms with Gasteiger partial charge in [-0.05, 0) is 74.1 Å². The Morgan fingerprint density at radius 3 is 2.45 bits per heavy atom. The average Bonchev–Trinajstić information content (AvgIpc) is 3.54. The second-order valence-electron chi connectivity index (χ2n) is 8.49. The van der Waals surface area contributed by atoms with Crippen molar-refractivity contribution in [2.24, 2.45) is 5.92 Å². The van der Waals surface area contributed by atoms with Crippen molar-refractivity contribution in [2.75, 3.05) is 16.0 Å². The lowest BCUT2D eigenvalue weighted by atomic mass is 10.1. The summed E-state index contributed by atoms with van der Waals surface area (Å²) in [6.07, 6.45) is 3.32. The molecule has 1 saturated carbocycles. The van der Waals surface area contributed by atoms with Crippen molar-refractivity contribution in [3.63, 3.8) is 0 Å². The predicted molar refractivity (Wildman–Crippen MR) is 121 cm³/mol. The molecule has 2 aromatic rings. The third-order valence-corrected chi connectivity index (χ3v) is 7.75. The van der Waals surface area contributed by atoms with Gasteiger partial charge in [0.2, 0.25) is 11.8 Å². The Labute approximate surface area is 183 Å². The summed E-state index contributed by atoms with van der Waals surface area (Å²) in [4.78, 5) is 26.9. The van der Waals surface area contributed by atoms with Gasteiger partial charge in [-0.2, -0.15) is 0 Å². The van der Waals surface area contributed by atoms with E-state index in [2.05, 4.69) is 12.2 Å². The molecule has 1 N–H and O–H groups in total. The summed E-state index contributed by atoms with van der Waals surface area (Å²) in [6, 6.07) is 12.5. The van der Waals surface area contributed by atoms with Gasteiger partial charge in [-0.3, -0.25) is 9.59 Å². The molecule has 1 atom stereocenters. The van der Waals surface area contributed by atoms with Gasteiger partial charge in [0.05, 0.1) is 10.6 Å². The fourth-order valence-electron chi connectivity index (χ4n) is 4.06. The van der Waals surface area contributed by atoms with Crippen molar-refractivity contribution in [3.8, 4) is 0 Å². The number of fused-ring (bicyclic) bond motifs is 1. The molecule has 1 heterocycles. The minimum Gasteiger partial charge on any atom is -0.326 e. The summed E-state index contributed by atoms with van der Waals surface area (Å²) in [5.41, 5.74) is 3.52. The summed E-state index contributed by atoms with van der Waals surface area (Å²) >= 11 is 0. The Balaban J connectivity index is 1.41. The Hall–Kier alpha value is -2.67. The average molecular weight is 441 g/mol. The maximum Gasteiger partial charge on any atom is 0.230 e. The molecule has 31 heavy (non-hydrogen) atoms. The van der Waals surface area contributed by atoms with Crippen molar-refractivity contribution >= 4 is 33.0 Å². The molecule has 1 aliphatic heterocycles. The van der Waals surface area contributed by atoms with Gasteiger partial charge in [-0.1, -0.05) is 19.1 Å². The van der Waals surface area contributed by atoms with Gasteiger partial charge in [0.15, 0.2) is 9.84 Å². The fraction of sp³-hybridized carbons (Fsp3) is 0.417. The summed E-state index contributed by atoms with van der Waals surface area (Å²) in [5.74, 6) is -0.326. The molecule has 0 spiro atoms. The monoisotopic (exact) mass is 440 g/mol. The Morgan fingerprint density at radius 2 is 1.81 bits per heavy atom. The minimum atomic E-state index is -3.60. The number of nitrogens with one attached hydrogen (secondary N) is 1. The minimum absolute atomic E-state index is 0.0333. The van der Waals surface area contributed by atoms with Crippen LogP contribution < -0.4 is 10.2 Å². The first kappa shape index (κ1) is 21.6. The third kappa shape index (κ3) is 4.66. The van der Waals surface area contributed by atoms with Crippen LogP contribution in [0.2, 0.25) is 0 Å². The van der Waals surface area contributed by atoms with E-state index in [1.54, 1.807) is 18.2 Å². The van der Waals surface area contributed by atoms with E-state index in [9.17, 15) is 18.0 Å². The lowest BCUT2D eigenvalue weighted by Gasteiger charge is -2.22. The highest BCUT2D eigenvalue weighted by Gasteiger charge is 2.39. The maximum absolute atomic E-state index is 12.8. The summed E-state index contributed by atoms with van der Waals surface area (Å²) in [7, 11) is -3.60. The molecule has 0 bridgehead atoms. The Kier molecular flexibility index (Phi) is 5.88. The molecule has 6 nitrogen and oxygen atoms in total. The van der Waals surface area contributed by atoms with Crippen LogP contribution in [0.1, 0.15) is 44.2 Å². The number of sulfone groups is 1. The SMILES string of the molecule is CCc1ccc(NC(=O)CCS(=O)(=O)c2ccc3c(c2)C[C@H](C)N3C(=O)C2CC2)cc1. The predicted octanol–water partition coefficient (Wildman–Crippen LogP) is 3.74. The van der Waals surface area contributed by atoms with Crippen LogP contribution in [0.5, 0.6) is 0 Å². The molecule has 0 radical (unpaired) electrons. The highest BCUT2D eigenvalue weighted by molar-refractivity contribution is 7.91. The van der Waals surface area contributed by atoms with Crippen LogP contribution in [0.3, 0.4) is 0 Å². The van der Waals surface area contributed by atoms with Gasteiger partial charge in [-0.25, -0.2) is 8.42 Å². The van der Waals surface area contributed by atoms with E-state index in [1.807, 2.05) is 36.1 Å². The molecular weight excluding hydrogens is 412 g/mol. The van der Waals surface area contributed by atoms with E-state index in [0.29, 0.717) is 12.1 Å². The van der Waals surface area contributed by atoms with Crippen LogP contribution in [-0.2, 0) is 32.3 Å². The summed E-state index contributed by atoms with van der Waals surface area (Å²) < 4.78 is 25.7. The number of amides is 2. The number of nitrogens with zero attached hydrogens (tertiary/aromatic N) is 1. The second-order valence-corrected chi connectivity index (χ2v) is 10.6. The van der Waals surface area contributed by atoms with Gasteiger partial charge in [0, 0.05) is 29.8 Å². The number of hydrogen-bond donors (Lipinski definition) is 1. The van der Waals surface area contributed by atoms with Gasteiger partial charge in [0.1, 0.15) is 0 Å². The standard InChI is InChI=1S/C24H28N2O4S/c1-3-17-4-8-20(9-5-17)25-23(27)12-13-31(29,30)21-10-11-22-19(15-21)14-16(2)26(22)24(28)18-6-7-18/h4-5,8-11,15-16,18H,3,6-7,12-14H2,1-2H3,(H,25,27)/t16-/m0/s1. The van der Waals surface area contributed by atoms with Gasteiger partial charge in [0.25, 0.3) is 0 Å². The maximum atomic E-state index is 12.8. The fourth-order valence-corrected chi connectivity index (χ4v) is 5.34. The number of carbonyl (C=O) groups excluding carboxylic acids is 2. The van der Waals surface area contributed by atoms with Crippen LogP contribution >= 0.6 is 0 Å². The topological polar surface area (TPSA) is 83.6 Å². The quantitative estimate of drug-likeness (QED) is 0.711. The lowest BCUT2D eigenvalue weighted by Crippen LogP contribution is -2.36. The van der Waals surface area contributed by atoms with Gasteiger partial charge >= 0.3 is 0 Å². The van der Waals surface area contributed by atoms with Crippen molar-refractivity contribution in [1.29, 1.82) is 0 Å². The van der Waals surface area contributed by atoms with Crippen molar-refractivity contribution in [2.45, 2.75) is 56.9 Å². The lowest BCUT2D eigenvalue weighted by molar-refractivity contribution is -0.120. The van der Waals surface area contributed by atoms with Crippen LogP contribution in [0.25, 0.3) is 0 Å². The molecule has 164 valence electrons. The Morgan fingerprint density at radius 1 is 1.10 bits per heavy atom. The van der Waals surface area contributed by atoms with Crippen molar-refractivity contribution in [1.82, 2.24) is 0 Å². The highest BCUT2D eigenvalue weighted by Crippen LogP contribution is 2.39. The van der Waals surface area contributed by atoms with Crippen molar-refractivity contribution in [3.05, 3.63) is 53.6 Å². The molecule has 7 heteroatoms. The van der Waals surface area contributed by atoms with Gasteiger partial charge in [-0.15, -0.1) is 0 Å². The molecular formula is C24H28N2O4S. The second kappa shape index (κ2) is 8.46. The van der Waals surface area contributed by atoms with Crippen LogP contribution in [0, 0.1) is 5.92 Å². The first-order valence-electron chi connectivity index (χ1n) is 10.9. The van der Waals surface area contributed by atoms with E-state index >= 15 is 0 Å². The molecule has 0 unspecified atom stereocenters. The molecule has 2 aliphatic rings. The zero-order valence-corrected chi connectivity index (χ0v) is 18.7. The van der Waals surface area contributed by atoms with Gasteiger partial charge < -0.3 is 10.2 Å². The van der Waals surface area contributed by atoms with E-state index in [0.717, 1.165) is 30.5 Å². The van der Waals surface area contributed by atoms with Crippen LogP contribution in [0.4, 0.5) is 11.4 Å². The third-order valence-electron chi connectivity index (χ3n) is 6.03. The molecule has 4 rings (SSSR count). The van der Waals surface area contributed by atoms with E-state index < -0.39 is 9.84 Å². The number of carbonyl (C=O) groups is 2. The van der Waals surface area contributed by atoms with Crippen LogP contribution in [0.15, 0.2) is 47.4 Å². The smallest absolute Gasteiger partial charge is 0.230 e. The number of benzene rings is 2. The number of rotatable bonds is 7. The molecule has 2 amide bonds. The molecule has 2 aromatic carbocycles. The van der Waals surface area contributed by atoms with E-state index in [1.165, 1.54) is 5.56 Å². The first-order chi connectivity index (χ1) is 14.8. The molecule has 0 aromatic heterocycles.